The zero-order valence-corrected chi connectivity index (χ0v) is 10.2. The van der Waals surface area contributed by atoms with Gasteiger partial charge in [0.2, 0.25) is 0 Å². The number of fused-ring (bicyclic) bond motifs is 1. The van der Waals surface area contributed by atoms with E-state index in [-0.39, 0.29) is 4.90 Å². The van der Waals surface area contributed by atoms with E-state index >= 15 is 0 Å². The second-order valence-electron chi connectivity index (χ2n) is 3.82. The molecule has 0 fully saturated rings. The highest BCUT2D eigenvalue weighted by atomic mass is 32.2. The Balaban J connectivity index is 2.41. The quantitative estimate of drug-likeness (QED) is 0.848. The highest BCUT2D eigenvalue weighted by Gasteiger charge is 2.12. The van der Waals surface area contributed by atoms with Crippen LogP contribution >= 0.6 is 0 Å². The van der Waals surface area contributed by atoms with Crippen molar-refractivity contribution in [3.05, 3.63) is 24.1 Å². The second kappa shape index (κ2) is 4.46. The van der Waals surface area contributed by atoms with Crippen molar-refractivity contribution in [2.45, 2.75) is 31.1 Å². The summed E-state index contributed by atoms with van der Waals surface area (Å²) in [6, 6.07) is 4.11. The molecule has 0 atom stereocenters. The summed E-state index contributed by atoms with van der Waals surface area (Å²) in [5, 5.41) is 0. The Morgan fingerprint density at radius 3 is 2.82 bits per heavy atom. The van der Waals surface area contributed by atoms with Crippen LogP contribution < -0.4 is 0 Å². The molecule has 1 N–H and O–H groups in total. The highest BCUT2D eigenvalue weighted by Crippen LogP contribution is 2.20. The highest BCUT2D eigenvalue weighted by molar-refractivity contribution is 7.85. The van der Waals surface area contributed by atoms with Gasteiger partial charge in [-0.25, -0.2) is 4.98 Å². The summed E-state index contributed by atoms with van der Waals surface area (Å²) in [6.45, 7) is 2.07. The molecule has 0 aliphatic heterocycles. The number of oxazole rings is 1. The van der Waals surface area contributed by atoms with Gasteiger partial charge in [-0.2, -0.15) is 8.42 Å². The largest absolute Gasteiger partial charge is 0.441 e. The summed E-state index contributed by atoms with van der Waals surface area (Å²) in [4.78, 5) is 4.02. The van der Waals surface area contributed by atoms with Crippen LogP contribution in [0.5, 0.6) is 0 Å². The molecule has 0 radical (unpaired) electrons. The molecule has 0 unspecified atom stereocenters. The number of aromatic nitrogens is 1. The standard InChI is InChI=1S/C11H13NO4S/c1-2-3-4-11-12-9-7-8(17(13,14)15)5-6-10(9)16-11/h5-7H,2-4H2,1H3,(H,13,14,15). The molecular formula is C11H13NO4S. The van der Waals surface area contributed by atoms with E-state index in [4.69, 9.17) is 8.97 Å². The van der Waals surface area contributed by atoms with Gasteiger partial charge in [0.1, 0.15) is 5.52 Å². The minimum atomic E-state index is -4.18. The molecule has 0 saturated carbocycles. The molecule has 5 nitrogen and oxygen atoms in total. The summed E-state index contributed by atoms with van der Waals surface area (Å²) < 4.78 is 36.3. The molecule has 0 aliphatic carbocycles. The van der Waals surface area contributed by atoms with E-state index in [0.29, 0.717) is 17.0 Å². The number of benzene rings is 1. The predicted octanol–water partition coefficient (Wildman–Crippen LogP) is 2.42. The van der Waals surface area contributed by atoms with Crippen molar-refractivity contribution in [1.82, 2.24) is 4.98 Å². The van der Waals surface area contributed by atoms with Gasteiger partial charge in [-0.05, 0) is 24.6 Å². The molecule has 0 spiro atoms. The summed E-state index contributed by atoms with van der Waals surface area (Å²) in [6.07, 6.45) is 2.74. The van der Waals surface area contributed by atoms with Gasteiger partial charge in [-0.1, -0.05) is 13.3 Å². The number of hydrogen-bond donors (Lipinski definition) is 1. The number of rotatable bonds is 4. The molecule has 1 heterocycles. The van der Waals surface area contributed by atoms with E-state index in [1.807, 2.05) is 0 Å². The molecule has 2 rings (SSSR count). The monoisotopic (exact) mass is 255 g/mol. The van der Waals surface area contributed by atoms with Gasteiger partial charge in [0.25, 0.3) is 10.1 Å². The van der Waals surface area contributed by atoms with E-state index in [1.54, 1.807) is 0 Å². The normalized spacial score (nSPS) is 12.1. The third-order valence-corrected chi connectivity index (χ3v) is 3.30. The van der Waals surface area contributed by atoms with Crippen LogP contribution in [0.15, 0.2) is 27.5 Å². The van der Waals surface area contributed by atoms with E-state index in [1.165, 1.54) is 18.2 Å². The molecule has 92 valence electrons. The third-order valence-electron chi connectivity index (χ3n) is 2.45. The SMILES string of the molecule is CCCCc1nc2cc(S(=O)(=O)O)ccc2o1. The van der Waals surface area contributed by atoms with Gasteiger partial charge >= 0.3 is 0 Å². The third kappa shape index (κ3) is 2.65. The average Bonchev–Trinajstić information content (AvgIpc) is 2.66. The topological polar surface area (TPSA) is 80.4 Å². The molecule has 0 saturated heterocycles. The fourth-order valence-electron chi connectivity index (χ4n) is 1.55. The van der Waals surface area contributed by atoms with E-state index in [9.17, 15) is 8.42 Å². The lowest BCUT2D eigenvalue weighted by Gasteiger charge is -1.94. The summed E-state index contributed by atoms with van der Waals surface area (Å²) in [7, 11) is -4.18. The molecule has 0 aliphatic rings. The maximum atomic E-state index is 11.0. The molecule has 0 bridgehead atoms. The number of unbranched alkanes of at least 4 members (excludes halogenated alkanes) is 1. The van der Waals surface area contributed by atoms with Gasteiger partial charge in [0.05, 0.1) is 4.90 Å². The Labute approximate surface area is 99.2 Å². The number of aryl methyl sites for hydroxylation is 1. The van der Waals surface area contributed by atoms with Crippen LogP contribution in [-0.4, -0.2) is 18.0 Å². The van der Waals surface area contributed by atoms with Crippen LogP contribution in [0.1, 0.15) is 25.7 Å². The van der Waals surface area contributed by atoms with Gasteiger partial charge in [-0.3, -0.25) is 4.55 Å². The van der Waals surface area contributed by atoms with Crippen molar-refractivity contribution < 1.29 is 17.4 Å². The van der Waals surface area contributed by atoms with Crippen LogP contribution in [-0.2, 0) is 16.5 Å². The fraction of sp³-hybridized carbons (Fsp3) is 0.364. The minimum absolute atomic E-state index is 0.166. The lowest BCUT2D eigenvalue weighted by atomic mass is 10.2. The molecule has 1 aromatic heterocycles. The van der Waals surface area contributed by atoms with Crippen LogP contribution in [0.3, 0.4) is 0 Å². The van der Waals surface area contributed by atoms with Gasteiger partial charge < -0.3 is 4.42 Å². The van der Waals surface area contributed by atoms with Crippen LogP contribution in [0.4, 0.5) is 0 Å². The lowest BCUT2D eigenvalue weighted by molar-refractivity contribution is 0.483. The zero-order chi connectivity index (χ0) is 12.5. The summed E-state index contributed by atoms with van der Waals surface area (Å²) in [5.74, 6) is 0.592. The van der Waals surface area contributed by atoms with Gasteiger partial charge in [0.15, 0.2) is 11.5 Å². The van der Waals surface area contributed by atoms with E-state index < -0.39 is 10.1 Å². The van der Waals surface area contributed by atoms with Crippen molar-refractivity contribution in [2.24, 2.45) is 0 Å². The predicted molar refractivity (Wildman–Crippen MR) is 62.4 cm³/mol. The molecule has 2 aromatic rings. The minimum Gasteiger partial charge on any atom is -0.441 e. The Morgan fingerprint density at radius 1 is 1.41 bits per heavy atom. The molecule has 0 amide bonds. The maximum absolute atomic E-state index is 11.0. The van der Waals surface area contributed by atoms with Crippen molar-refractivity contribution in [3.8, 4) is 0 Å². The fourth-order valence-corrected chi connectivity index (χ4v) is 2.05. The second-order valence-corrected chi connectivity index (χ2v) is 5.24. The Bertz CT molecular complexity index is 630. The number of nitrogens with zero attached hydrogens (tertiary/aromatic N) is 1. The molecular weight excluding hydrogens is 242 g/mol. The van der Waals surface area contributed by atoms with Crippen molar-refractivity contribution in [2.75, 3.05) is 0 Å². The summed E-state index contributed by atoms with van der Waals surface area (Å²) in [5.41, 5.74) is 0.981. The first-order valence-electron chi connectivity index (χ1n) is 5.37. The van der Waals surface area contributed by atoms with Gasteiger partial charge in [-0.15, -0.1) is 0 Å². The van der Waals surface area contributed by atoms with Crippen molar-refractivity contribution in [3.63, 3.8) is 0 Å². The molecule has 1 aromatic carbocycles. The average molecular weight is 255 g/mol. The lowest BCUT2D eigenvalue weighted by Crippen LogP contribution is -1.97. The first kappa shape index (κ1) is 12.1. The maximum Gasteiger partial charge on any atom is 0.294 e. The Hall–Kier alpha value is -1.40. The summed E-state index contributed by atoms with van der Waals surface area (Å²) >= 11 is 0. The van der Waals surface area contributed by atoms with Crippen molar-refractivity contribution >= 4 is 21.2 Å². The van der Waals surface area contributed by atoms with E-state index in [2.05, 4.69) is 11.9 Å². The van der Waals surface area contributed by atoms with Crippen LogP contribution in [0, 0.1) is 0 Å². The smallest absolute Gasteiger partial charge is 0.294 e. The number of hydrogen-bond acceptors (Lipinski definition) is 4. The molecule has 17 heavy (non-hydrogen) atoms. The van der Waals surface area contributed by atoms with Crippen molar-refractivity contribution in [1.29, 1.82) is 0 Å². The van der Waals surface area contributed by atoms with E-state index in [0.717, 1.165) is 19.3 Å². The Morgan fingerprint density at radius 2 is 2.18 bits per heavy atom. The van der Waals surface area contributed by atoms with Crippen LogP contribution in [0.25, 0.3) is 11.1 Å². The van der Waals surface area contributed by atoms with Crippen LogP contribution in [0.2, 0.25) is 0 Å². The van der Waals surface area contributed by atoms with Gasteiger partial charge in [0, 0.05) is 6.42 Å². The first-order valence-corrected chi connectivity index (χ1v) is 6.81. The Kier molecular flexibility index (Phi) is 3.17. The zero-order valence-electron chi connectivity index (χ0n) is 9.38. The molecule has 6 heteroatoms. The first-order chi connectivity index (χ1) is 8.00.